The van der Waals surface area contributed by atoms with Crippen molar-refractivity contribution in [1.29, 1.82) is 0 Å². The molecule has 1 amide bonds. The quantitative estimate of drug-likeness (QED) is 0.767. The molecule has 3 N–H and O–H groups in total. The first kappa shape index (κ1) is 15.5. The zero-order chi connectivity index (χ0) is 15.2. The van der Waals surface area contributed by atoms with E-state index in [4.69, 9.17) is 10.8 Å². The second-order valence-corrected chi connectivity index (χ2v) is 5.58. The molecule has 5 nitrogen and oxygen atoms in total. The number of amides is 1. The summed E-state index contributed by atoms with van der Waals surface area (Å²) in [4.78, 5) is 24.8. The van der Waals surface area contributed by atoms with Crippen molar-refractivity contribution in [1.82, 2.24) is 0 Å². The molecule has 0 spiro atoms. The van der Waals surface area contributed by atoms with Crippen molar-refractivity contribution in [2.75, 3.05) is 11.4 Å². The molecule has 1 atom stereocenters. The molecule has 1 saturated carbocycles. The Kier molecular flexibility index (Phi) is 5.33. The molecule has 5 heteroatoms. The van der Waals surface area contributed by atoms with E-state index in [1.54, 1.807) is 4.90 Å². The fourth-order valence-corrected chi connectivity index (χ4v) is 2.40. The van der Waals surface area contributed by atoms with Gasteiger partial charge in [0.1, 0.15) is 0 Å². The van der Waals surface area contributed by atoms with Gasteiger partial charge in [-0.05, 0) is 37.3 Å². The average Bonchev–Trinajstić information content (AvgIpc) is 3.28. The van der Waals surface area contributed by atoms with Crippen molar-refractivity contribution in [2.45, 2.75) is 38.1 Å². The first-order valence-corrected chi connectivity index (χ1v) is 7.40. The van der Waals surface area contributed by atoms with Crippen molar-refractivity contribution >= 4 is 17.6 Å². The van der Waals surface area contributed by atoms with Crippen molar-refractivity contribution < 1.29 is 14.7 Å². The summed E-state index contributed by atoms with van der Waals surface area (Å²) in [6, 6.07) is 9.27. The molecule has 0 bridgehead atoms. The van der Waals surface area contributed by atoms with E-state index in [1.807, 2.05) is 30.3 Å². The maximum atomic E-state index is 12.5. The van der Waals surface area contributed by atoms with Crippen LogP contribution in [0.3, 0.4) is 0 Å². The topological polar surface area (TPSA) is 83.6 Å². The monoisotopic (exact) mass is 290 g/mol. The highest BCUT2D eigenvalue weighted by atomic mass is 16.4. The van der Waals surface area contributed by atoms with E-state index >= 15 is 0 Å². The number of hydrogen-bond donors (Lipinski definition) is 2. The van der Waals surface area contributed by atoms with Crippen LogP contribution in [0.25, 0.3) is 0 Å². The van der Waals surface area contributed by atoms with Crippen LogP contribution in [0.15, 0.2) is 30.3 Å². The minimum absolute atomic E-state index is 0.0222. The number of carbonyl (C=O) groups is 2. The molecule has 21 heavy (non-hydrogen) atoms. The molecule has 1 aromatic rings. The van der Waals surface area contributed by atoms with Crippen LogP contribution >= 0.6 is 0 Å². The van der Waals surface area contributed by atoms with Gasteiger partial charge in [0.25, 0.3) is 0 Å². The van der Waals surface area contributed by atoms with Gasteiger partial charge in [-0.15, -0.1) is 0 Å². The third-order valence-corrected chi connectivity index (χ3v) is 3.78. The summed E-state index contributed by atoms with van der Waals surface area (Å²) < 4.78 is 0. The van der Waals surface area contributed by atoms with Gasteiger partial charge in [-0.3, -0.25) is 9.59 Å². The van der Waals surface area contributed by atoms with Crippen LogP contribution in [0.2, 0.25) is 0 Å². The Morgan fingerprint density at radius 1 is 1.29 bits per heavy atom. The van der Waals surface area contributed by atoms with Crippen LogP contribution in [0.1, 0.15) is 32.1 Å². The van der Waals surface area contributed by atoms with E-state index in [0.717, 1.165) is 18.5 Å². The molecule has 0 aliphatic heterocycles. The number of carboxylic acids is 1. The number of nitrogens with two attached hydrogens (primary N) is 1. The normalized spacial score (nSPS) is 15.5. The van der Waals surface area contributed by atoms with Crippen molar-refractivity contribution in [3.63, 3.8) is 0 Å². The van der Waals surface area contributed by atoms with Gasteiger partial charge in [0.15, 0.2) is 0 Å². The first-order valence-electron chi connectivity index (χ1n) is 7.40. The van der Waals surface area contributed by atoms with Crippen LogP contribution in [0, 0.1) is 5.92 Å². The van der Waals surface area contributed by atoms with E-state index in [-0.39, 0.29) is 18.4 Å². The second-order valence-electron chi connectivity index (χ2n) is 5.58. The largest absolute Gasteiger partial charge is 0.481 e. The van der Waals surface area contributed by atoms with Gasteiger partial charge in [-0.25, -0.2) is 0 Å². The lowest BCUT2D eigenvalue weighted by molar-refractivity contribution is -0.137. The van der Waals surface area contributed by atoms with Crippen molar-refractivity contribution in [3.8, 4) is 0 Å². The zero-order valence-corrected chi connectivity index (χ0v) is 12.1. The van der Waals surface area contributed by atoms with Gasteiger partial charge in [-0.1, -0.05) is 18.2 Å². The maximum absolute atomic E-state index is 12.5. The lowest BCUT2D eigenvalue weighted by Crippen LogP contribution is -2.37. The molecule has 0 heterocycles. The van der Waals surface area contributed by atoms with E-state index in [1.165, 1.54) is 0 Å². The standard InChI is InChI=1S/C16H22N2O3/c17-14(12-8-9-12)11-15(19)18(10-4-7-16(20)21)13-5-2-1-3-6-13/h1-3,5-6,12,14H,4,7-11,17H2,(H,20,21). The maximum Gasteiger partial charge on any atom is 0.303 e. The number of anilines is 1. The molecule has 0 radical (unpaired) electrons. The Morgan fingerprint density at radius 3 is 2.52 bits per heavy atom. The SMILES string of the molecule is NC(CC(=O)N(CCCC(=O)O)c1ccccc1)C1CC1. The van der Waals surface area contributed by atoms with Crippen molar-refractivity contribution in [2.24, 2.45) is 11.7 Å². The van der Waals surface area contributed by atoms with Crippen molar-refractivity contribution in [3.05, 3.63) is 30.3 Å². The second kappa shape index (κ2) is 7.22. The lowest BCUT2D eigenvalue weighted by atomic mass is 10.1. The van der Waals surface area contributed by atoms with E-state index < -0.39 is 5.97 Å². The Balaban J connectivity index is 1.99. The van der Waals surface area contributed by atoms with Crippen LogP contribution in [-0.2, 0) is 9.59 Å². The molecule has 1 unspecified atom stereocenters. The Bertz CT molecular complexity index is 486. The minimum Gasteiger partial charge on any atom is -0.481 e. The van der Waals surface area contributed by atoms with Gasteiger partial charge in [0.2, 0.25) is 5.91 Å². The molecule has 1 aliphatic rings. The summed E-state index contributed by atoms with van der Waals surface area (Å²) >= 11 is 0. The molecule has 2 rings (SSSR count). The van der Waals surface area contributed by atoms with Crippen LogP contribution in [0.4, 0.5) is 5.69 Å². The summed E-state index contributed by atoms with van der Waals surface area (Å²) in [7, 11) is 0. The lowest BCUT2D eigenvalue weighted by Gasteiger charge is -2.24. The number of nitrogens with zero attached hydrogens (tertiary/aromatic N) is 1. The van der Waals surface area contributed by atoms with Gasteiger partial charge in [-0.2, -0.15) is 0 Å². The fourth-order valence-electron chi connectivity index (χ4n) is 2.40. The number of carbonyl (C=O) groups excluding carboxylic acids is 1. The highest BCUT2D eigenvalue weighted by Gasteiger charge is 2.31. The summed E-state index contributed by atoms with van der Waals surface area (Å²) in [5.41, 5.74) is 6.83. The van der Waals surface area contributed by atoms with Gasteiger partial charge < -0.3 is 15.7 Å². The Labute approximate surface area is 124 Å². The summed E-state index contributed by atoms with van der Waals surface area (Å²) in [6.45, 7) is 0.409. The molecular weight excluding hydrogens is 268 g/mol. The number of rotatable bonds is 8. The molecule has 0 aromatic heterocycles. The van der Waals surface area contributed by atoms with Gasteiger partial charge in [0.05, 0.1) is 0 Å². The van der Waals surface area contributed by atoms with Gasteiger partial charge >= 0.3 is 5.97 Å². The number of aliphatic carboxylic acids is 1. The fraction of sp³-hybridized carbons (Fsp3) is 0.500. The highest BCUT2D eigenvalue weighted by Crippen LogP contribution is 2.33. The summed E-state index contributed by atoms with van der Waals surface area (Å²) in [5, 5.41) is 8.74. The van der Waals surface area contributed by atoms with E-state index in [9.17, 15) is 9.59 Å². The summed E-state index contributed by atoms with van der Waals surface area (Å²) in [6.07, 6.45) is 3.05. The first-order chi connectivity index (χ1) is 10.1. The third-order valence-electron chi connectivity index (χ3n) is 3.78. The van der Waals surface area contributed by atoms with Gasteiger partial charge in [0, 0.05) is 31.1 Å². The molecule has 0 saturated heterocycles. The van der Waals surface area contributed by atoms with E-state index in [2.05, 4.69) is 0 Å². The van der Waals surface area contributed by atoms with Crippen LogP contribution in [0.5, 0.6) is 0 Å². The smallest absolute Gasteiger partial charge is 0.303 e. The summed E-state index contributed by atoms with van der Waals surface area (Å²) in [5.74, 6) is -0.387. The molecule has 1 aliphatic carbocycles. The average molecular weight is 290 g/mol. The van der Waals surface area contributed by atoms with Crippen LogP contribution in [-0.4, -0.2) is 29.6 Å². The number of carboxylic acid groups (broad SMARTS) is 1. The molecule has 114 valence electrons. The molecule has 1 aromatic carbocycles. The predicted molar refractivity (Wildman–Crippen MR) is 81.0 cm³/mol. The minimum atomic E-state index is -0.842. The molecule has 1 fully saturated rings. The number of hydrogen-bond acceptors (Lipinski definition) is 3. The Morgan fingerprint density at radius 2 is 1.95 bits per heavy atom. The van der Waals surface area contributed by atoms with Crippen LogP contribution < -0.4 is 10.6 Å². The predicted octanol–water partition coefficient (Wildman–Crippen LogP) is 2.01. The number of benzene rings is 1. The Hall–Kier alpha value is -1.88. The molecular formula is C16H22N2O3. The zero-order valence-electron chi connectivity index (χ0n) is 12.1. The van der Waals surface area contributed by atoms with E-state index in [0.29, 0.717) is 25.3 Å². The highest BCUT2D eigenvalue weighted by molar-refractivity contribution is 5.93. The third kappa shape index (κ3) is 4.86. The number of para-hydroxylation sites is 1.